The van der Waals surface area contributed by atoms with Gasteiger partial charge in [-0.2, -0.15) is 0 Å². The summed E-state index contributed by atoms with van der Waals surface area (Å²) in [6, 6.07) is 13.8. The number of carbonyl (C=O) groups is 1. The van der Waals surface area contributed by atoms with Gasteiger partial charge in [0.2, 0.25) is 0 Å². The molecule has 1 atom stereocenters. The van der Waals surface area contributed by atoms with E-state index in [4.69, 9.17) is 16.3 Å². The highest BCUT2D eigenvalue weighted by Crippen LogP contribution is 2.34. The fourth-order valence-electron chi connectivity index (χ4n) is 3.58. The highest BCUT2D eigenvalue weighted by atomic mass is 35.5. The molecule has 0 radical (unpaired) electrons. The van der Waals surface area contributed by atoms with E-state index in [0.29, 0.717) is 24.7 Å². The van der Waals surface area contributed by atoms with Crippen molar-refractivity contribution >= 4 is 35.3 Å². The molecule has 2 aliphatic heterocycles. The predicted molar refractivity (Wildman–Crippen MR) is 113 cm³/mol. The van der Waals surface area contributed by atoms with Crippen molar-refractivity contribution < 1.29 is 9.53 Å². The number of anilines is 2. The number of nitrogens with zero attached hydrogens (tertiary/aromatic N) is 4. The zero-order valence-corrected chi connectivity index (χ0v) is 16.8. The Kier molecular flexibility index (Phi) is 5.13. The van der Waals surface area contributed by atoms with E-state index in [1.54, 1.807) is 12.0 Å². The topological polar surface area (TPSA) is 48.4 Å². The van der Waals surface area contributed by atoms with Crippen LogP contribution in [0.25, 0.3) is 0 Å². The minimum absolute atomic E-state index is 0.00103. The smallest absolute Gasteiger partial charge is 0.324 e. The van der Waals surface area contributed by atoms with Gasteiger partial charge < -0.3 is 14.5 Å². The molecule has 1 unspecified atom stereocenters. The van der Waals surface area contributed by atoms with Crippen LogP contribution in [0.15, 0.2) is 47.5 Å². The average molecular weight is 399 g/mol. The third-order valence-corrected chi connectivity index (χ3v) is 5.34. The Hall–Kier alpha value is -2.73. The second-order valence-corrected chi connectivity index (χ2v) is 7.54. The van der Waals surface area contributed by atoms with Crippen molar-refractivity contribution in [2.24, 2.45) is 4.99 Å². The predicted octanol–water partition coefficient (Wildman–Crippen LogP) is 4.03. The van der Waals surface area contributed by atoms with E-state index >= 15 is 0 Å². The molecular formula is C21H23ClN4O2. The lowest BCUT2D eigenvalue weighted by Crippen LogP contribution is -2.31. The van der Waals surface area contributed by atoms with Gasteiger partial charge in [-0.15, -0.1) is 0 Å². The van der Waals surface area contributed by atoms with Gasteiger partial charge in [-0.25, -0.2) is 4.79 Å². The summed E-state index contributed by atoms with van der Waals surface area (Å²) in [5, 5.41) is 0.697. The van der Waals surface area contributed by atoms with E-state index < -0.39 is 0 Å². The van der Waals surface area contributed by atoms with E-state index in [-0.39, 0.29) is 12.1 Å². The molecular weight excluding hydrogens is 376 g/mol. The number of hydrogen-bond donors (Lipinski definition) is 0. The molecule has 0 aromatic heterocycles. The summed E-state index contributed by atoms with van der Waals surface area (Å²) < 4.78 is 5.59. The van der Waals surface area contributed by atoms with Crippen molar-refractivity contribution in [3.8, 4) is 5.75 Å². The monoisotopic (exact) mass is 398 g/mol. The van der Waals surface area contributed by atoms with Crippen LogP contribution in [0.2, 0.25) is 5.02 Å². The number of hydrogen-bond acceptors (Lipinski definition) is 4. The van der Waals surface area contributed by atoms with E-state index in [1.165, 1.54) is 0 Å². The van der Waals surface area contributed by atoms with Crippen molar-refractivity contribution in [3.05, 3.63) is 53.1 Å². The second-order valence-electron chi connectivity index (χ2n) is 7.10. The number of rotatable bonds is 5. The third-order valence-electron chi connectivity index (χ3n) is 5.09. The first-order valence-corrected chi connectivity index (χ1v) is 9.72. The summed E-state index contributed by atoms with van der Waals surface area (Å²) in [6.07, 6.45) is 1.84. The second kappa shape index (κ2) is 7.72. The highest BCUT2D eigenvalue weighted by Gasteiger charge is 2.30. The normalized spacial score (nSPS) is 19.0. The molecule has 146 valence electrons. The van der Waals surface area contributed by atoms with Crippen LogP contribution >= 0.6 is 11.6 Å². The lowest BCUT2D eigenvalue weighted by atomic mass is 10.2. The van der Waals surface area contributed by atoms with Crippen LogP contribution in [-0.4, -0.2) is 50.1 Å². The fourth-order valence-corrected chi connectivity index (χ4v) is 3.71. The van der Waals surface area contributed by atoms with Crippen molar-refractivity contribution in [1.29, 1.82) is 0 Å². The summed E-state index contributed by atoms with van der Waals surface area (Å²) in [4.78, 5) is 23.0. The van der Waals surface area contributed by atoms with Gasteiger partial charge in [0, 0.05) is 43.0 Å². The van der Waals surface area contributed by atoms with Gasteiger partial charge in [0.15, 0.2) is 0 Å². The van der Waals surface area contributed by atoms with Crippen LogP contribution < -0.4 is 14.5 Å². The number of urea groups is 1. The first-order valence-electron chi connectivity index (χ1n) is 9.34. The van der Waals surface area contributed by atoms with Crippen LogP contribution in [0, 0.1) is 0 Å². The number of aliphatic imine (C=N–C) groups is 1. The Morgan fingerprint density at radius 3 is 2.64 bits per heavy atom. The molecule has 0 saturated carbocycles. The lowest BCUT2D eigenvalue weighted by Gasteiger charge is -2.22. The van der Waals surface area contributed by atoms with Gasteiger partial charge in [0.25, 0.3) is 0 Å². The van der Waals surface area contributed by atoms with Crippen LogP contribution in [0.4, 0.5) is 16.2 Å². The molecule has 2 heterocycles. The number of halogens is 1. The van der Waals surface area contributed by atoms with E-state index in [2.05, 4.69) is 16.8 Å². The zero-order valence-electron chi connectivity index (χ0n) is 16.0. The average Bonchev–Trinajstić information content (AvgIpc) is 3.29. The molecule has 1 saturated heterocycles. The van der Waals surface area contributed by atoms with Crippen molar-refractivity contribution in [2.75, 3.05) is 36.5 Å². The number of amides is 2. The summed E-state index contributed by atoms with van der Waals surface area (Å²) in [7, 11) is 1.65. The number of carbonyl (C=O) groups excluding carboxylic acids is 1. The first-order chi connectivity index (χ1) is 13.5. The van der Waals surface area contributed by atoms with Crippen molar-refractivity contribution in [1.82, 2.24) is 4.90 Å². The van der Waals surface area contributed by atoms with Crippen LogP contribution in [0.3, 0.4) is 0 Å². The first kappa shape index (κ1) is 18.6. The summed E-state index contributed by atoms with van der Waals surface area (Å²) in [5.74, 6) is 0.738. The minimum atomic E-state index is 0.00103. The molecule has 2 aromatic carbocycles. The van der Waals surface area contributed by atoms with Gasteiger partial charge in [-0.3, -0.25) is 9.89 Å². The Balaban J connectivity index is 1.50. The van der Waals surface area contributed by atoms with Crippen molar-refractivity contribution in [3.63, 3.8) is 0 Å². The largest absolute Gasteiger partial charge is 0.494 e. The van der Waals surface area contributed by atoms with Gasteiger partial charge in [0.1, 0.15) is 5.75 Å². The SMILES string of the molecule is COc1cc(N2CCN(Cc3ccc(Cl)cc3)C2=O)ccc1N1C=NC(C)C1. The van der Waals surface area contributed by atoms with E-state index in [9.17, 15) is 4.79 Å². The summed E-state index contributed by atoms with van der Waals surface area (Å²) in [5.41, 5.74) is 2.87. The Bertz CT molecular complexity index is 900. The summed E-state index contributed by atoms with van der Waals surface area (Å²) >= 11 is 5.94. The molecule has 0 N–H and O–H groups in total. The van der Waals surface area contributed by atoms with Gasteiger partial charge >= 0.3 is 6.03 Å². The van der Waals surface area contributed by atoms with Gasteiger partial charge in [0.05, 0.1) is 25.2 Å². The zero-order chi connectivity index (χ0) is 19.7. The molecule has 7 heteroatoms. The number of methoxy groups -OCH3 is 1. The third kappa shape index (κ3) is 3.64. The number of benzene rings is 2. The van der Waals surface area contributed by atoms with Gasteiger partial charge in [-0.05, 0) is 36.8 Å². The Morgan fingerprint density at radius 1 is 1.18 bits per heavy atom. The van der Waals surface area contributed by atoms with Gasteiger partial charge in [-0.1, -0.05) is 23.7 Å². The lowest BCUT2D eigenvalue weighted by molar-refractivity contribution is 0.219. The maximum absolute atomic E-state index is 12.9. The van der Waals surface area contributed by atoms with Crippen molar-refractivity contribution in [2.45, 2.75) is 19.5 Å². The molecule has 28 heavy (non-hydrogen) atoms. The molecule has 1 fully saturated rings. The summed E-state index contributed by atoms with van der Waals surface area (Å²) in [6.45, 7) is 4.81. The Labute approximate surface area is 170 Å². The quantitative estimate of drug-likeness (QED) is 0.764. The molecule has 2 aliphatic rings. The standard InChI is InChI=1S/C21H23ClN4O2/c1-15-12-25(14-23-15)19-8-7-18(11-20(19)28-2)26-10-9-24(21(26)27)13-16-3-5-17(22)6-4-16/h3-8,11,14-15H,9-10,12-13H2,1-2H3. The maximum Gasteiger partial charge on any atom is 0.324 e. The minimum Gasteiger partial charge on any atom is -0.494 e. The molecule has 0 spiro atoms. The fraction of sp³-hybridized carbons (Fsp3) is 0.333. The maximum atomic E-state index is 12.9. The Morgan fingerprint density at radius 2 is 1.96 bits per heavy atom. The molecule has 0 bridgehead atoms. The number of ether oxygens (including phenoxy) is 1. The highest BCUT2D eigenvalue weighted by molar-refractivity contribution is 6.30. The van der Waals surface area contributed by atoms with Crippen LogP contribution in [-0.2, 0) is 6.54 Å². The molecule has 6 nitrogen and oxygen atoms in total. The molecule has 0 aliphatic carbocycles. The molecule has 2 aromatic rings. The van der Waals surface area contributed by atoms with E-state index in [1.807, 2.05) is 53.7 Å². The molecule has 4 rings (SSSR count). The van der Waals surface area contributed by atoms with E-state index in [0.717, 1.165) is 29.2 Å². The van der Waals surface area contributed by atoms with Crippen LogP contribution in [0.5, 0.6) is 5.75 Å². The molecule has 2 amide bonds. The van der Waals surface area contributed by atoms with Crippen LogP contribution in [0.1, 0.15) is 12.5 Å².